The molecule has 0 radical (unpaired) electrons. The van der Waals surface area contributed by atoms with E-state index in [1.807, 2.05) is 25.7 Å². The van der Waals surface area contributed by atoms with E-state index >= 15 is 0 Å². The van der Waals surface area contributed by atoms with Gasteiger partial charge >= 0.3 is 0 Å². The Balaban J connectivity index is 1.53. The number of fused-ring (bicyclic) bond motifs is 1. The molecule has 0 bridgehead atoms. The number of rotatable bonds is 6. The van der Waals surface area contributed by atoms with Crippen molar-refractivity contribution in [2.24, 2.45) is 0 Å². The molecule has 1 aliphatic heterocycles. The van der Waals surface area contributed by atoms with Crippen LogP contribution in [0.5, 0.6) is 0 Å². The topological polar surface area (TPSA) is 142 Å². The maximum Gasteiger partial charge on any atom is 0.245 e. The molecule has 2 aromatic heterocycles. The quantitative estimate of drug-likeness (QED) is 0.509. The van der Waals surface area contributed by atoms with Gasteiger partial charge in [-0.15, -0.1) is 0 Å². The fourth-order valence-corrected chi connectivity index (χ4v) is 6.13. The highest BCUT2D eigenvalue weighted by molar-refractivity contribution is 7.88. The Bertz CT molecular complexity index is 1250. The first kappa shape index (κ1) is 27.6. The number of nitrogens with one attached hydrogen (secondary N) is 3. The molecule has 3 heterocycles. The lowest BCUT2D eigenvalue weighted by Crippen LogP contribution is -2.59. The lowest BCUT2D eigenvalue weighted by atomic mass is 9.85. The molecule has 1 amide bonds. The fourth-order valence-electron chi connectivity index (χ4n) is 5.32. The molecule has 1 saturated heterocycles. The average molecular weight is 533 g/mol. The van der Waals surface area contributed by atoms with Crippen LogP contribution in [-0.4, -0.2) is 81.7 Å². The molecule has 0 aromatic carbocycles. The molecule has 37 heavy (non-hydrogen) atoms. The molecule has 4 rings (SSSR count). The molecule has 1 unspecified atom stereocenters. The zero-order chi connectivity index (χ0) is 27.2. The molecule has 2 aliphatic rings. The second-order valence-corrected chi connectivity index (χ2v) is 14.2. The van der Waals surface area contributed by atoms with E-state index in [2.05, 4.69) is 51.1 Å². The summed E-state index contributed by atoms with van der Waals surface area (Å²) in [5.74, 6) is 1.12. The molecule has 4 atom stereocenters. The number of carbonyl (C=O) groups excluding carboxylic acids is 1. The van der Waals surface area contributed by atoms with Crippen molar-refractivity contribution in [1.82, 2.24) is 34.9 Å². The van der Waals surface area contributed by atoms with E-state index in [-0.39, 0.29) is 35.0 Å². The van der Waals surface area contributed by atoms with E-state index in [0.717, 1.165) is 12.8 Å². The van der Waals surface area contributed by atoms with Gasteiger partial charge in [-0.1, -0.05) is 20.8 Å². The highest BCUT2D eigenvalue weighted by Gasteiger charge is 2.43. The summed E-state index contributed by atoms with van der Waals surface area (Å²) < 4.78 is 27.2. The van der Waals surface area contributed by atoms with Gasteiger partial charge in [0.15, 0.2) is 5.82 Å². The lowest BCUT2D eigenvalue weighted by Gasteiger charge is -2.43. The number of carbonyl (C=O) groups is 1. The fraction of sp³-hybridized carbons (Fsp3) is 0.720. The number of hydrogen-bond donors (Lipinski definition) is 3. The van der Waals surface area contributed by atoms with Gasteiger partial charge in [0.2, 0.25) is 15.9 Å². The smallest absolute Gasteiger partial charge is 0.245 e. The van der Waals surface area contributed by atoms with Crippen molar-refractivity contribution < 1.29 is 13.2 Å². The van der Waals surface area contributed by atoms with Crippen LogP contribution >= 0.6 is 0 Å². The second-order valence-electron chi connectivity index (χ2n) is 12.4. The van der Waals surface area contributed by atoms with Gasteiger partial charge < -0.3 is 15.5 Å². The summed E-state index contributed by atoms with van der Waals surface area (Å²) in [6.45, 7) is 13.0. The molecular formula is C25H40N8O3S. The zero-order valence-corrected chi connectivity index (χ0v) is 23.7. The Morgan fingerprint density at radius 2 is 1.76 bits per heavy atom. The number of hydrogen-bond acceptors (Lipinski definition) is 9. The SMILES string of the molecule is CC(C)(C)NC1CC[C@H](N2CC[C@H](Nc3ncnc4cnc(C(C)(C)C)nc34)C2=O)[C@H](NS(C)(=O)=O)C1. The first-order valence-corrected chi connectivity index (χ1v) is 14.8. The summed E-state index contributed by atoms with van der Waals surface area (Å²) in [6.07, 6.45) is 7.11. The van der Waals surface area contributed by atoms with Crippen molar-refractivity contribution in [2.45, 2.75) is 102 Å². The van der Waals surface area contributed by atoms with Crippen molar-refractivity contribution in [3.63, 3.8) is 0 Å². The number of likely N-dealkylation sites (tertiary alicyclic amines) is 1. The van der Waals surface area contributed by atoms with Gasteiger partial charge in [0.1, 0.15) is 29.2 Å². The molecular weight excluding hydrogens is 492 g/mol. The molecule has 12 heteroatoms. The summed E-state index contributed by atoms with van der Waals surface area (Å²) in [5, 5.41) is 6.89. The van der Waals surface area contributed by atoms with Gasteiger partial charge in [0, 0.05) is 35.6 Å². The van der Waals surface area contributed by atoms with Gasteiger partial charge in [0.05, 0.1) is 12.5 Å². The summed E-state index contributed by atoms with van der Waals surface area (Å²) >= 11 is 0. The summed E-state index contributed by atoms with van der Waals surface area (Å²) in [6, 6.07) is -0.862. The number of amides is 1. The lowest BCUT2D eigenvalue weighted by molar-refractivity contribution is -0.131. The first-order chi connectivity index (χ1) is 17.1. The van der Waals surface area contributed by atoms with Crippen LogP contribution in [0.15, 0.2) is 12.5 Å². The number of aromatic nitrogens is 4. The molecule has 0 spiro atoms. The number of anilines is 1. The van der Waals surface area contributed by atoms with E-state index in [9.17, 15) is 13.2 Å². The Labute approximate surface area is 219 Å². The van der Waals surface area contributed by atoms with Crippen molar-refractivity contribution in [3.05, 3.63) is 18.3 Å². The zero-order valence-electron chi connectivity index (χ0n) is 22.9. The summed E-state index contributed by atoms with van der Waals surface area (Å²) in [5.41, 5.74) is 0.861. The van der Waals surface area contributed by atoms with Crippen LogP contribution in [0.1, 0.15) is 73.1 Å². The van der Waals surface area contributed by atoms with E-state index in [4.69, 9.17) is 4.98 Å². The highest BCUT2D eigenvalue weighted by Crippen LogP contribution is 2.30. The van der Waals surface area contributed by atoms with Gasteiger partial charge in [-0.25, -0.2) is 33.1 Å². The Hall–Kier alpha value is -2.44. The van der Waals surface area contributed by atoms with Crippen molar-refractivity contribution >= 4 is 32.8 Å². The van der Waals surface area contributed by atoms with Crippen molar-refractivity contribution in [2.75, 3.05) is 18.1 Å². The van der Waals surface area contributed by atoms with Crippen LogP contribution in [0.3, 0.4) is 0 Å². The van der Waals surface area contributed by atoms with Crippen LogP contribution in [0, 0.1) is 0 Å². The van der Waals surface area contributed by atoms with E-state index in [1.165, 1.54) is 12.6 Å². The third-order valence-corrected chi connectivity index (χ3v) is 7.55. The predicted molar refractivity (Wildman–Crippen MR) is 144 cm³/mol. The maximum atomic E-state index is 13.6. The second kappa shape index (κ2) is 10.0. The minimum atomic E-state index is -3.44. The Morgan fingerprint density at radius 1 is 1.03 bits per heavy atom. The van der Waals surface area contributed by atoms with Gasteiger partial charge in [-0.3, -0.25) is 4.79 Å². The minimum absolute atomic E-state index is 0.0515. The monoisotopic (exact) mass is 532 g/mol. The molecule has 3 N–H and O–H groups in total. The third-order valence-electron chi connectivity index (χ3n) is 6.82. The van der Waals surface area contributed by atoms with E-state index in [1.54, 1.807) is 6.20 Å². The normalized spacial score (nSPS) is 25.6. The van der Waals surface area contributed by atoms with Crippen LogP contribution in [0.25, 0.3) is 11.0 Å². The van der Waals surface area contributed by atoms with E-state index in [0.29, 0.717) is 42.1 Å². The Kier molecular flexibility index (Phi) is 7.48. The maximum absolute atomic E-state index is 13.6. The first-order valence-electron chi connectivity index (χ1n) is 12.9. The summed E-state index contributed by atoms with van der Waals surface area (Å²) in [4.78, 5) is 33.2. The molecule has 1 aliphatic carbocycles. The number of nitrogens with zero attached hydrogens (tertiary/aromatic N) is 5. The Morgan fingerprint density at radius 3 is 2.41 bits per heavy atom. The van der Waals surface area contributed by atoms with Crippen molar-refractivity contribution in [3.8, 4) is 0 Å². The van der Waals surface area contributed by atoms with Gasteiger partial charge in [-0.05, 0) is 46.5 Å². The molecule has 2 aromatic rings. The predicted octanol–water partition coefficient (Wildman–Crippen LogP) is 1.96. The van der Waals surface area contributed by atoms with Crippen LogP contribution < -0.4 is 15.4 Å². The van der Waals surface area contributed by atoms with Gasteiger partial charge in [0.25, 0.3) is 0 Å². The average Bonchev–Trinajstić information content (AvgIpc) is 3.11. The number of sulfonamides is 1. The molecule has 204 valence electrons. The largest absolute Gasteiger partial charge is 0.356 e. The molecule has 2 fully saturated rings. The third kappa shape index (κ3) is 6.71. The standard InChI is InChI=1S/C25H40N8O3S/c1-24(2,3)23-26-13-18-20(30-23)21(28-14-27-18)29-16-10-11-33(22(16)34)19-9-8-15(31-25(4,5)6)12-17(19)32-37(7,35)36/h13-17,19,31-32H,8-12H2,1-7H3,(H,27,28,29)/t15?,16-,17+,19-/m0/s1. The van der Waals surface area contributed by atoms with E-state index < -0.39 is 16.1 Å². The van der Waals surface area contributed by atoms with Crippen molar-refractivity contribution in [1.29, 1.82) is 0 Å². The van der Waals surface area contributed by atoms with Crippen LogP contribution in [0.2, 0.25) is 0 Å². The molecule has 11 nitrogen and oxygen atoms in total. The van der Waals surface area contributed by atoms with Crippen LogP contribution in [0.4, 0.5) is 5.82 Å². The molecule has 1 saturated carbocycles. The summed E-state index contributed by atoms with van der Waals surface area (Å²) in [7, 11) is -3.44. The van der Waals surface area contributed by atoms with Crippen LogP contribution in [-0.2, 0) is 20.2 Å². The highest BCUT2D eigenvalue weighted by atomic mass is 32.2. The van der Waals surface area contributed by atoms with Gasteiger partial charge in [-0.2, -0.15) is 0 Å². The minimum Gasteiger partial charge on any atom is -0.356 e.